The summed E-state index contributed by atoms with van der Waals surface area (Å²) in [4.78, 5) is 23.4. The monoisotopic (exact) mass is 334 g/mol. The summed E-state index contributed by atoms with van der Waals surface area (Å²) in [6.07, 6.45) is 0. The van der Waals surface area contributed by atoms with E-state index in [9.17, 15) is 14.9 Å². The van der Waals surface area contributed by atoms with Crippen molar-refractivity contribution in [3.63, 3.8) is 0 Å². The van der Waals surface area contributed by atoms with Crippen LogP contribution in [0.5, 0.6) is 5.75 Å². The van der Waals surface area contributed by atoms with Crippen LogP contribution >= 0.6 is 11.6 Å². The Hall–Kier alpha value is -2.60. The third-order valence-corrected chi connectivity index (χ3v) is 3.42. The van der Waals surface area contributed by atoms with Crippen molar-refractivity contribution in [1.29, 1.82) is 0 Å². The first kappa shape index (κ1) is 16.8. The van der Waals surface area contributed by atoms with Crippen LogP contribution in [-0.4, -0.2) is 29.8 Å². The summed E-state index contributed by atoms with van der Waals surface area (Å²) in [6.45, 7) is 0.244. The van der Waals surface area contributed by atoms with E-state index in [0.717, 1.165) is 5.56 Å². The van der Waals surface area contributed by atoms with E-state index in [1.165, 1.54) is 23.1 Å². The number of halogens is 1. The number of hydrogen-bond donors (Lipinski definition) is 0. The van der Waals surface area contributed by atoms with Gasteiger partial charge in [0.05, 0.1) is 9.95 Å². The molecular formula is C16H15ClN2O4. The molecule has 0 unspecified atom stereocenters. The number of nitro groups is 1. The minimum Gasteiger partial charge on any atom is -0.487 e. The average Bonchev–Trinajstić information content (AvgIpc) is 2.53. The molecule has 1 amide bonds. The maximum absolute atomic E-state index is 11.8. The largest absolute Gasteiger partial charge is 0.487 e. The van der Waals surface area contributed by atoms with Crippen LogP contribution in [-0.2, 0) is 6.61 Å². The summed E-state index contributed by atoms with van der Waals surface area (Å²) >= 11 is 5.96. The maximum Gasteiger partial charge on any atom is 0.271 e. The molecule has 0 spiro atoms. The van der Waals surface area contributed by atoms with Gasteiger partial charge in [0.1, 0.15) is 12.4 Å². The summed E-state index contributed by atoms with van der Waals surface area (Å²) in [7, 11) is 3.38. The molecule has 0 aliphatic rings. The van der Waals surface area contributed by atoms with Crippen LogP contribution in [0.25, 0.3) is 0 Å². The van der Waals surface area contributed by atoms with E-state index < -0.39 is 4.92 Å². The Labute approximate surface area is 138 Å². The first-order chi connectivity index (χ1) is 10.9. The van der Waals surface area contributed by atoms with E-state index >= 15 is 0 Å². The van der Waals surface area contributed by atoms with Crippen molar-refractivity contribution in [3.05, 3.63) is 68.7 Å². The second-order valence-corrected chi connectivity index (χ2v) is 5.46. The van der Waals surface area contributed by atoms with E-state index in [0.29, 0.717) is 11.3 Å². The highest BCUT2D eigenvalue weighted by molar-refractivity contribution is 6.32. The molecule has 7 heteroatoms. The third-order valence-electron chi connectivity index (χ3n) is 3.13. The fourth-order valence-electron chi connectivity index (χ4n) is 1.88. The number of carbonyl (C=O) groups is 1. The summed E-state index contributed by atoms with van der Waals surface area (Å²) in [5.74, 6) is 0.293. The number of nitro benzene ring substituents is 1. The Balaban J connectivity index is 2.04. The Morgan fingerprint density at radius 2 is 1.87 bits per heavy atom. The lowest BCUT2D eigenvalue weighted by molar-refractivity contribution is -0.384. The van der Waals surface area contributed by atoms with Crippen LogP contribution < -0.4 is 4.74 Å². The molecule has 120 valence electrons. The lowest BCUT2D eigenvalue weighted by atomic mass is 10.1. The Kier molecular flexibility index (Phi) is 5.18. The molecule has 2 aromatic rings. The first-order valence-electron chi connectivity index (χ1n) is 6.76. The number of non-ortho nitro benzene ring substituents is 1. The fourth-order valence-corrected chi connectivity index (χ4v) is 2.11. The van der Waals surface area contributed by atoms with Crippen LogP contribution in [0.1, 0.15) is 15.9 Å². The van der Waals surface area contributed by atoms with E-state index in [-0.39, 0.29) is 23.2 Å². The predicted molar refractivity (Wildman–Crippen MR) is 86.9 cm³/mol. The number of nitrogens with zero attached hydrogens (tertiary/aromatic N) is 2. The van der Waals surface area contributed by atoms with Gasteiger partial charge in [-0.3, -0.25) is 14.9 Å². The molecule has 0 saturated carbocycles. The normalized spacial score (nSPS) is 10.2. The summed E-state index contributed by atoms with van der Waals surface area (Å²) in [5.41, 5.74) is 1.36. The van der Waals surface area contributed by atoms with Gasteiger partial charge in [-0.25, -0.2) is 0 Å². The van der Waals surface area contributed by atoms with Gasteiger partial charge in [-0.05, 0) is 23.8 Å². The van der Waals surface area contributed by atoms with E-state index in [2.05, 4.69) is 0 Å². The Bertz CT molecular complexity index is 729. The topological polar surface area (TPSA) is 72.7 Å². The molecule has 0 atom stereocenters. The van der Waals surface area contributed by atoms with Gasteiger partial charge >= 0.3 is 0 Å². The van der Waals surface area contributed by atoms with Gasteiger partial charge in [0.15, 0.2) is 0 Å². The molecule has 0 bridgehead atoms. The quantitative estimate of drug-likeness (QED) is 0.619. The average molecular weight is 335 g/mol. The zero-order valence-corrected chi connectivity index (χ0v) is 13.4. The number of rotatable bonds is 5. The molecule has 0 saturated heterocycles. The number of carbonyl (C=O) groups excluding carboxylic acids is 1. The third kappa shape index (κ3) is 4.20. The number of amides is 1. The van der Waals surface area contributed by atoms with Crippen molar-refractivity contribution < 1.29 is 14.5 Å². The number of ether oxygens (including phenoxy) is 1. The van der Waals surface area contributed by atoms with Crippen molar-refractivity contribution in [2.24, 2.45) is 0 Å². The number of benzene rings is 2. The van der Waals surface area contributed by atoms with Crippen LogP contribution in [0.4, 0.5) is 5.69 Å². The maximum atomic E-state index is 11.8. The highest BCUT2D eigenvalue weighted by Gasteiger charge is 2.11. The Morgan fingerprint density at radius 1 is 1.22 bits per heavy atom. The van der Waals surface area contributed by atoms with Gasteiger partial charge in [0.2, 0.25) is 0 Å². The van der Waals surface area contributed by atoms with Crippen molar-refractivity contribution in [1.82, 2.24) is 4.90 Å². The van der Waals surface area contributed by atoms with Gasteiger partial charge in [-0.1, -0.05) is 23.7 Å². The molecule has 0 N–H and O–H groups in total. The number of hydrogen-bond acceptors (Lipinski definition) is 4. The smallest absolute Gasteiger partial charge is 0.271 e. The lowest BCUT2D eigenvalue weighted by Gasteiger charge is -2.11. The molecule has 0 aromatic heterocycles. The second-order valence-electron chi connectivity index (χ2n) is 5.06. The van der Waals surface area contributed by atoms with Gasteiger partial charge in [-0.15, -0.1) is 0 Å². The Morgan fingerprint density at radius 3 is 2.39 bits per heavy atom. The van der Waals surface area contributed by atoms with Crippen molar-refractivity contribution in [3.8, 4) is 5.75 Å². The van der Waals surface area contributed by atoms with Crippen LogP contribution in [0.15, 0.2) is 42.5 Å². The standard InChI is InChI=1S/C16H15ClN2O4/c1-18(2)16(20)12-5-3-11(4-6-12)10-23-15-8-7-13(19(21)22)9-14(15)17/h3-9H,10H2,1-2H3. The molecule has 0 aliphatic carbocycles. The first-order valence-corrected chi connectivity index (χ1v) is 7.13. The second kappa shape index (κ2) is 7.11. The SMILES string of the molecule is CN(C)C(=O)c1ccc(COc2ccc([N+](=O)[O-])cc2Cl)cc1. The molecule has 0 fully saturated rings. The van der Waals surface area contributed by atoms with Gasteiger partial charge < -0.3 is 9.64 Å². The van der Waals surface area contributed by atoms with Gasteiger partial charge in [0, 0.05) is 31.8 Å². The van der Waals surface area contributed by atoms with E-state index in [4.69, 9.17) is 16.3 Å². The van der Waals surface area contributed by atoms with E-state index in [1.54, 1.807) is 38.4 Å². The molecule has 6 nitrogen and oxygen atoms in total. The highest BCUT2D eigenvalue weighted by atomic mass is 35.5. The predicted octanol–water partition coefficient (Wildman–Crippen LogP) is 3.53. The molecule has 0 aliphatic heterocycles. The minimum absolute atomic E-state index is 0.0733. The molecule has 2 aromatic carbocycles. The summed E-state index contributed by atoms with van der Waals surface area (Å²) in [6, 6.07) is 11.1. The minimum atomic E-state index is -0.518. The lowest BCUT2D eigenvalue weighted by Crippen LogP contribution is -2.21. The van der Waals surface area contributed by atoms with Crippen LogP contribution in [0.3, 0.4) is 0 Å². The zero-order valence-electron chi connectivity index (χ0n) is 12.7. The van der Waals surface area contributed by atoms with Crippen molar-refractivity contribution >= 4 is 23.2 Å². The summed E-state index contributed by atoms with van der Waals surface area (Å²) < 4.78 is 5.56. The van der Waals surface area contributed by atoms with E-state index in [1.807, 2.05) is 0 Å². The van der Waals surface area contributed by atoms with Crippen molar-refractivity contribution in [2.75, 3.05) is 14.1 Å². The molecule has 23 heavy (non-hydrogen) atoms. The van der Waals surface area contributed by atoms with Crippen LogP contribution in [0.2, 0.25) is 5.02 Å². The highest BCUT2D eigenvalue weighted by Crippen LogP contribution is 2.29. The molecule has 0 heterocycles. The van der Waals surface area contributed by atoms with Gasteiger partial charge in [-0.2, -0.15) is 0 Å². The summed E-state index contributed by atoms with van der Waals surface area (Å²) in [5, 5.41) is 10.8. The molecule has 2 rings (SSSR count). The molecular weight excluding hydrogens is 320 g/mol. The molecule has 0 radical (unpaired) electrons. The zero-order chi connectivity index (χ0) is 17.0. The van der Waals surface area contributed by atoms with Crippen LogP contribution in [0, 0.1) is 10.1 Å². The fraction of sp³-hybridized carbons (Fsp3) is 0.188. The van der Waals surface area contributed by atoms with Gasteiger partial charge in [0.25, 0.3) is 11.6 Å². The van der Waals surface area contributed by atoms with Crippen molar-refractivity contribution in [2.45, 2.75) is 6.61 Å².